The van der Waals surface area contributed by atoms with E-state index in [0.717, 1.165) is 5.57 Å². The van der Waals surface area contributed by atoms with Gasteiger partial charge in [0.25, 0.3) is 0 Å². The maximum Gasteiger partial charge on any atom is 0.188 e. The molecule has 1 aliphatic rings. The van der Waals surface area contributed by atoms with Crippen molar-refractivity contribution in [2.75, 3.05) is 0 Å². The number of aliphatic hydroxyl groups excluding tert-OH is 1. The molecule has 1 unspecified atom stereocenters. The topological polar surface area (TPSA) is 37.3 Å². The van der Waals surface area contributed by atoms with Crippen LogP contribution in [0.2, 0.25) is 0 Å². The van der Waals surface area contributed by atoms with Crippen molar-refractivity contribution < 1.29 is 9.90 Å². The summed E-state index contributed by atoms with van der Waals surface area (Å²) in [6.45, 7) is 5.94. The van der Waals surface area contributed by atoms with Crippen LogP contribution in [0.1, 0.15) is 20.8 Å². The van der Waals surface area contributed by atoms with Crippen LogP contribution in [-0.2, 0) is 4.79 Å². The zero-order valence-corrected chi connectivity index (χ0v) is 7.66. The highest BCUT2D eigenvalue weighted by atomic mass is 16.3. The summed E-state index contributed by atoms with van der Waals surface area (Å²) in [6, 6.07) is 0. The Labute approximate surface area is 72.6 Å². The fraction of sp³-hybridized carbons (Fsp3) is 0.500. The molecule has 1 atom stereocenters. The Morgan fingerprint density at radius 1 is 1.42 bits per heavy atom. The van der Waals surface area contributed by atoms with Crippen LogP contribution >= 0.6 is 0 Å². The Kier molecular flexibility index (Phi) is 2.20. The SMILES string of the molecule is CC(C)(C)C1=CC=CC(=O)C1O. The monoisotopic (exact) mass is 166 g/mol. The van der Waals surface area contributed by atoms with E-state index in [-0.39, 0.29) is 11.2 Å². The first-order chi connectivity index (χ1) is 5.43. The lowest BCUT2D eigenvalue weighted by molar-refractivity contribution is -0.121. The normalized spacial score (nSPS) is 24.2. The average Bonchev–Trinajstić information content (AvgIpc) is 1.92. The quantitative estimate of drug-likeness (QED) is 0.591. The number of allylic oxidation sites excluding steroid dienone is 2. The fourth-order valence-corrected chi connectivity index (χ4v) is 1.24. The predicted molar refractivity (Wildman–Crippen MR) is 47.7 cm³/mol. The van der Waals surface area contributed by atoms with Crippen LogP contribution in [0.4, 0.5) is 0 Å². The summed E-state index contributed by atoms with van der Waals surface area (Å²) in [5.74, 6) is -0.220. The van der Waals surface area contributed by atoms with Crippen molar-refractivity contribution in [2.45, 2.75) is 26.9 Å². The summed E-state index contributed by atoms with van der Waals surface area (Å²) in [6.07, 6.45) is 3.97. The highest BCUT2D eigenvalue weighted by Gasteiger charge is 2.28. The number of aliphatic hydroxyl groups is 1. The molecule has 0 heterocycles. The Morgan fingerprint density at radius 2 is 2.00 bits per heavy atom. The van der Waals surface area contributed by atoms with Gasteiger partial charge in [0.2, 0.25) is 0 Å². The van der Waals surface area contributed by atoms with E-state index in [1.54, 1.807) is 6.08 Å². The predicted octanol–water partition coefficient (Wildman–Crippen LogP) is 1.46. The van der Waals surface area contributed by atoms with Crippen molar-refractivity contribution in [3.05, 3.63) is 23.8 Å². The van der Waals surface area contributed by atoms with Gasteiger partial charge < -0.3 is 5.11 Å². The molecule has 1 rings (SSSR count). The van der Waals surface area contributed by atoms with E-state index in [4.69, 9.17) is 0 Å². The van der Waals surface area contributed by atoms with Gasteiger partial charge in [-0.2, -0.15) is 0 Å². The molecule has 0 aromatic carbocycles. The van der Waals surface area contributed by atoms with Gasteiger partial charge in [0, 0.05) is 0 Å². The lowest BCUT2D eigenvalue weighted by Crippen LogP contribution is -2.30. The van der Waals surface area contributed by atoms with E-state index in [9.17, 15) is 9.90 Å². The number of hydrogen-bond donors (Lipinski definition) is 1. The van der Waals surface area contributed by atoms with Gasteiger partial charge in [-0.1, -0.05) is 32.9 Å². The lowest BCUT2D eigenvalue weighted by Gasteiger charge is -2.27. The number of rotatable bonds is 0. The van der Waals surface area contributed by atoms with Crippen LogP contribution in [0.3, 0.4) is 0 Å². The highest BCUT2D eigenvalue weighted by molar-refractivity contribution is 5.97. The number of carbonyl (C=O) groups excluding carboxylic acids is 1. The standard InChI is InChI=1S/C10H14O2/c1-10(2,3)7-5-4-6-8(11)9(7)12/h4-6,9,12H,1-3H3. The van der Waals surface area contributed by atoms with Crippen molar-refractivity contribution in [2.24, 2.45) is 5.41 Å². The van der Waals surface area contributed by atoms with Gasteiger partial charge in [-0.25, -0.2) is 0 Å². The molecule has 0 radical (unpaired) electrons. The molecule has 0 bridgehead atoms. The molecule has 0 aliphatic heterocycles. The van der Waals surface area contributed by atoms with Gasteiger partial charge >= 0.3 is 0 Å². The molecule has 2 heteroatoms. The van der Waals surface area contributed by atoms with E-state index in [2.05, 4.69) is 0 Å². The van der Waals surface area contributed by atoms with Crippen LogP contribution in [0.15, 0.2) is 23.8 Å². The van der Waals surface area contributed by atoms with Crippen molar-refractivity contribution in [3.63, 3.8) is 0 Å². The molecule has 0 saturated heterocycles. The molecule has 12 heavy (non-hydrogen) atoms. The van der Waals surface area contributed by atoms with Crippen molar-refractivity contribution in [3.8, 4) is 0 Å². The number of carbonyl (C=O) groups is 1. The summed E-state index contributed by atoms with van der Waals surface area (Å²) in [5.41, 5.74) is 0.648. The average molecular weight is 166 g/mol. The molecule has 1 N–H and O–H groups in total. The third-order valence-corrected chi connectivity index (χ3v) is 1.97. The first kappa shape index (κ1) is 9.20. The van der Waals surface area contributed by atoms with E-state index < -0.39 is 6.10 Å². The van der Waals surface area contributed by atoms with Gasteiger partial charge in [0.1, 0.15) is 6.10 Å². The van der Waals surface area contributed by atoms with Crippen molar-refractivity contribution in [1.82, 2.24) is 0 Å². The van der Waals surface area contributed by atoms with Crippen molar-refractivity contribution in [1.29, 1.82) is 0 Å². The molecule has 0 saturated carbocycles. The second-order valence-electron chi connectivity index (χ2n) is 4.04. The smallest absolute Gasteiger partial charge is 0.188 e. The fourth-order valence-electron chi connectivity index (χ4n) is 1.24. The second-order valence-corrected chi connectivity index (χ2v) is 4.04. The molecule has 0 fully saturated rings. The van der Waals surface area contributed by atoms with Gasteiger partial charge in [-0.15, -0.1) is 0 Å². The Morgan fingerprint density at radius 3 is 2.42 bits per heavy atom. The molecule has 0 aromatic rings. The first-order valence-corrected chi connectivity index (χ1v) is 4.03. The second kappa shape index (κ2) is 2.87. The Hall–Kier alpha value is -0.890. The van der Waals surface area contributed by atoms with E-state index >= 15 is 0 Å². The zero-order chi connectivity index (χ0) is 9.35. The summed E-state index contributed by atoms with van der Waals surface area (Å²) in [5, 5.41) is 9.50. The maximum atomic E-state index is 11.1. The highest BCUT2D eigenvalue weighted by Crippen LogP contribution is 2.30. The van der Waals surface area contributed by atoms with E-state index in [1.807, 2.05) is 26.8 Å². The molecule has 0 spiro atoms. The minimum Gasteiger partial charge on any atom is -0.380 e. The van der Waals surface area contributed by atoms with E-state index in [1.165, 1.54) is 6.08 Å². The summed E-state index contributed by atoms with van der Waals surface area (Å²) in [4.78, 5) is 11.1. The summed E-state index contributed by atoms with van der Waals surface area (Å²) in [7, 11) is 0. The zero-order valence-electron chi connectivity index (χ0n) is 7.66. The van der Waals surface area contributed by atoms with Crippen LogP contribution in [-0.4, -0.2) is 17.0 Å². The van der Waals surface area contributed by atoms with Gasteiger partial charge in [-0.3, -0.25) is 4.79 Å². The third-order valence-electron chi connectivity index (χ3n) is 1.97. The summed E-state index contributed by atoms with van der Waals surface area (Å²) >= 11 is 0. The number of ketones is 1. The molecule has 66 valence electrons. The van der Waals surface area contributed by atoms with E-state index in [0.29, 0.717) is 0 Å². The van der Waals surface area contributed by atoms with Crippen LogP contribution in [0.25, 0.3) is 0 Å². The summed E-state index contributed by atoms with van der Waals surface area (Å²) < 4.78 is 0. The van der Waals surface area contributed by atoms with Gasteiger partial charge in [-0.05, 0) is 17.1 Å². The van der Waals surface area contributed by atoms with Gasteiger partial charge in [0.05, 0.1) is 0 Å². The molecular weight excluding hydrogens is 152 g/mol. The Bertz CT molecular complexity index is 254. The minimum absolute atomic E-state index is 0.139. The molecule has 0 amide bonds. The molecule has 0 aromatic heterocycles. The molecular formula is C10H14O2. The first-order valence-electron chi connectivity index (χ1n) is 4.03. The lowest BCUT2D eigenvalue weighted by atomic mass is 9.80. The van der Waals surface area contributed by atoms with Crippen LogP contribution in [0, 0.1) is 5.41 Å². The molecule has 2 nitrogen and oxygen atoms in total. The number of hydrogen-bond acceptors (Lipinski definition) is 2. The van der Waals surface area contributed by atoms with Crippen LogP contribution < -0.4 is 0 Å². The van der Waals surface area contributed by atoms with Crippen molar-refractivity contribution >= 4 is 5.78 Å². The molecule has 1 aliphatic carbocycles. The van der Waals surface area contributed by atoms with Crippen LogP contribution in [0.5, 0.6) is 0 Å². The minimum atomic E-state index is -0.935. The Balaban J connectivity index is 2.98. The third kappa shape index (κ3) is 1.64. The maximum absolute atomic E-state index is 11.1. The largest absolute Gasteiger partial charge is 0.380 e. The van der Waals surface area contributed by atoms with Gasteiger partial charge in [0.15, 0.2) is 5.78 Å².